The number of aliphatic hydroxyl groups is 1. The lowest BCUT2D eigenvalue weighted by Crippen LogP contribution is -2.12. The van der Waals surface area contributed by atoms with Crippen LogP contribution in [-0.2, 0) is 9.59 Å². The number of rotatable bonds is 5. The number of anilines is 1. The second kappa shape index (κ2) is 7.04. The van der Waals surface area contributed by atoms with Crippen LogP contribution < -0.4 is 5.32 Å². The highest BCUT2D eigenvalue weighted by atomic mass is 16.4. The largest absolute Gasteiger partial charge is 0.507 e. The number of carboxylic acid groups (broad SMARTS) is 1. The third kappa shape index (κ3) is 4.28. The molecule has 0 saturated heterocycles. The summed E-state index contributed by atoms with van der Waals surface area (Å²) in [5, 5.41) is 20.9. The highest BCUT2D eigenvalue weighted by Gasteiger charge is 2.11. The van der Waals surface area contributed by atoms with Gasteiger partial charge in [0.15, 0.2) is 0 Å². The van der Waals surface area contributed by atoms with E-state index < -0.39 is 17.5 Å². The van der Waals surface area contributed by atoms with Crippen molar-refractivity contribution in [2.45, 2.75) is 0 Å². The number of carbonyl (C=O) groups excluding carboxylic acids is 2. The molecule has 0 aromatic heterocycles. The van der Waals surface area contributed by atoms with Gasteiger partial charge in [0.1, 0.15) is 5.76 Å². The number of hydrogen-bond donors (Lipinski definition) is 3. The molecule has 0 fully saturated rings. The molecule has 0 spiro atoms. The van der Waals surface area contributed by atoms with Gasteiger partial charge in [-0.1, -0.05) is 30.3 Å². The molecule has 2 rings (SSSR count). The second-order valence-corrected chi connectivity index (χ2v) is 4.60. The molecule has 2 aromatic carbocycles. The zero-order valence-electron chi connectivity index (χ0n) is 11.9. The lowest BCUT2D eigenvalue weighted by molar-refractivity contribution is -0.146. The Kier molecular flexibility index (Phi) is 4.89. The van der Waals surface area contributed by atoms with E-state index in [-0.39, 0.29) is 11.5 Å². The van der Waals surface area contributed by atoms with Crippen LogP contribution in [0, 0.1) is 0 Å². The van der Waals surface area contributed by atoms with Crippen molar-refractivity contribution in [1.29, 1.82) is 0 Å². The summed E-state index contributed by atoms with van der Waals surface area (Å²) >= 11 is 0. The van der Waals surface area contributed by atoms with E-state index in [4.69, 9.17) is 5.11 Å². The summed E-state index contributed by atoms with van der Waals surface area (Å²) in [4.78, 5) is 33.6. The van der Waals surface area contributed by atoms with Gasteiger partial charge in [-0.2, -0.15) is 0 Å². The molecule has 0 aliphatic carbocycles. The van der Waals surface area contributed by atoms with E-state index in [1.54, 1.807) is 42.5 Å². The van der Waals surface area contributed by atoms with Crippen molar-refractivity contribution in [3.8, 4) is 0 Å². The molecule has 116 valence electrons. The maximum absolute atomic E-state index is 12.0. The molecule has 0 aliphatic heterocycles. The van der Waals surface area contributed by atoms with E-state index in [1.165, 1.54) is 12.1 Å². The Bertz CT molecular complexity index is 781. The van der Waals surface area contributed by atoms with E-state index >= 15 is 0 Å². The third-order valence-electron chi connectivity index (χ3n) is 2.93. The summed E-state index contributed by atoms with van der Waals surface area (Å²) in [6, 6.07) is 14.7. The van der Waals surface area contributed by atoms with Crippen molar-refractivity contribution >= 4 is 29.1 Å². The summed E-state index contributed by atoms with van der Waals surface area (Å²) in [6.07, 6.45) is 0.612. The van der Waals surface area contributed by atoms with E-state index in [0.717, 1.165) is 0 Å². The van der Waals surface area contributed by atoms with Crippen LogP contribution in [0.25, 0.3) is 5.76 Å². The molecule has 3 N–H and O–H groups in total. The van der Waals surface area contributed by atoms with Crippen molar-refractivity contribution in [1.82, 2.24) is 0 Å². The summed E-state index contributed by atoms with van der Waals surface area (Å²) in [5.74, 6) is -3.72. The Hall–Kier alpha value is -3.41. The maximum Gasteiger partial charge on any atom is 0.376 e. The van der Waals surface area contributed by atoms with Gasteiger partial charge in [-0.25, -0.2) is 4.79 Å². The number of benzene rings is 2. The fourth-order valence-corrected chi connectivity index (χ4v) is 1.82. The quantitative estimate of drug-likeness (QED) is 0.447. The summed E-state index contributed by atoms with van der Waals surface area (Å²) < 4.78 is 0. The first-order chi connectivity index (χ1) is 11.0. The summed E-state index contributed by atoms with van der Waals surface area (Å²) in [6.45, 7) is 0. The molecular formula is C17H13NO5. The summed E-state index contributed by atoms with van der Waals surface area (Å²) in [5.41, 5.74) is 1.09. The minimum atomic E-state index is -1.66. The molecule has 6 heteroatoms. The van der Waals surface area contributed by atoms with Gasteiger partial charge in [-0.3, -0.25) is 9.59 Å². The lowest BCUT2D eigenvalue weighted by atomic mass is 10.1. The number of aliphatic carboxylic acids is 1. The van der Waals surface area contributed by atoms with Crippen molar-refractivity contribution in [3.63, 3.8) is 0 Å². The first-order valence-electron chi connectivity index (χ1n) is 6.62. The molecule has 0 atom stereocenters. The average molecular weight is 311 g/mol. The van der Waals surface area contributed by atoms with Gasteiger partial charge in [0.2, 0.25) is 0 Å². The highest BCUT2D eigenvalue weighted by Crippen LogP contribution is 2.17. The Balaban J connectivity index is 2.19. The molecule has 0 unspecified atom stereocenters. The predicted molar refractivity (Wildman–Crippen MR) is 84.1 cm³/mol. The molecule has 2 aromatic rings. The summed E-state index contributed by atoms with van der Waals surface area (Å²) in [7, 11) is 0. The minimum absolute atomic E-state index is 0.213. The van der Waals surface area contributed by atoms with Crippen molar-refractivity contribution in [2.24, 2.45) is 0 Å². The van der Waals surface area contributed by atoms with Crippen LogP contribution in [-0.4, -0.2) is 27.9 Å². The van der Waals surface area contributed by atoms with Gasteiger partial charge >= 0.3 is 5.97 Å². The van der Waals surface area contributed by atoms with Gasteiger partial charge in [0.05, 0.1) is 0 Å². The monoisotopic (exact) mass is 311 g/mol. The number of nitrogens with one attached hydrogen (secondary N) is 1. The van der Waals surface area contributed by atoms with Crippen molar-refractivity contribution in [2.75, 3.05) is 5.32 Å². The van der Waals surface area contributed by atoms with Gasteiger partial charge in [-0.15, -0.1) is 0 Å². The molecule has 23 heavy (non-hydrogen) atoms. The van der Waals surface area contributed by atoms with Crippen LogP contribution in [0.3, 0.4) is 0 Å². The van der Waals surface area contributed by atoms with Gasteiger partial charge < -0.3 is 15.5 Å². The fraction of sp³-hybridized carbons (Fsp3) is 0. The number of hydrogen-bond acceptors (Lipinski definition) is 4. The second-order valence-electron chi connectivity index (χ2n) is 4.60. The standard InChI is InChI=1S/C17H13NO5/c19-14(10-15(20)17(22)23)12-7-4-8-13(9-12)18-16(21)11-5-2-1-3-6-11/h1-10,19H,(H,18,21)(H,22,23)/b14-10+. The molecule has 0 heterocycles. The van der Waals surface area contributed by atoms with E-state index in [0.29, 0.717) is 17.3 Å². The van der Waals surface area contributed by atoms with Crippen LogP contribution in [0.1, 0.15) is 15.9 Å². The van der Waals surface area contributed by atoms with E-state index in [1.807, 2.05) is 0 Å². The van der Waals surface area contributed by atoms with Crippen LogP contribution in [0.4, 0.5) is 5.69 Å². The molecule has 0 aliphatic rings. The maximum atomic E-state index is 12.0. The van der Waals surface area contributed by atoms with Crippen LogP contribution in [0.15, 0.2) is 60.7 Å². The number of carboxylic acids is 1. The number of aliphatic hydroxyl groups excluding tert-OH is 1. The zero-order valence-corrected chi connectivity index (χ0v) is 11.9. The van der Waals surface area contributed by atoms with Gasteiger partial charge in [0, 0.05) is 22.9 Å². The molecule has 1 amide bonds. The Morgan fingerprint density at radius 3 is 2.17 bits per heavy atom. The number of amides is 1. The molecule has 0 saturated carbocycles. The Morgan fingerprint density at radius 2 is 1.52 bits per heavy atom. The first kappa shape index (κ1) is 16.0. The highest BCUT2D eigenvalue weighted by molar-refractivity contribution is 6.38. The number of carbonyl (C=O) groups is 3. The van der Waals surface area contributed by atoms with Crippen LogP contribution in [0.2, 0.25) is 0 Å². The zero-order chi connectivity index (χ0) is 16.8. The smallest absolute Gasteiger partial charge is 0.376 e. The topological polar surface area (TPSA) is 104 Å². The minimum Gasteiger partial charge on any atom is -0.507 e. The Morgan fingerprint density at radius 1 is 0.870 bits per heavy atom. The third-order valence-corrected chi connectivity index (χ3v) is 2.93. The molecule has 0 bridgehead atoms. The normalized spacial score (nSPS) is 10.9. The first-order valence-corrected chi connectivity index (χ1v) is 6.62. The Labute approximate surface area is 131 Å². The van der Waals surface area contributed by atoms with Crippen molar-refractivity contribution < 1.29 is 24.6 Å². The molecule has 6 nitrogen and oxygen atoms in total. The number of ketones is 1. The molecule has 0 radical (unpaired) electrons. The van der Waals surface area contributed by atoms with E-state index in [2.05, 4.69) is 5.32 Å². The SMILES string of the molecule is O=C(O)C(=O)/C=C(/O)c1cccc(NC(=O)c2ccccc2)c1. The predicted octanol–water partition coefficient (Wildman–Crippen LogP) is 2.49. The molecular weight excluding hydrogens is 298 g/mol. The van der Waals surface area contributed by atoms with Crippen molar-refractivity contribution in [3.05, 3.63) is 71.8 Å². The van der Waals surface area contributed by atoms with Gasteiger partial charge in [0.25, 0.3) is 11.7 Å². The van der Waals surface area contributed by atoms with E-state index in [9.17, 15) is 19.5 Å². The fourth-order valence-electron chi connectivity index (χ4n) is 1.82. The lowest BCUT2D eigenvalue weighted by Gasteiger charge is -2.07. The van der Waals surface area contributed by atoms with Crippen LogP contribution >= 0.6 is 0 Å². The van der Waals surface area contributed by atoms with Gasteiger partial charge in [-0.05, 0) is 24.3 Å². The van der Waals surface area contributed by atoms with Crippen LogP contribution in [0.5, 0.6) is 0 Å². The average Bonchev–Trinajstić information content (AvgIpc) is 2.55.